The van der Waals surface area contributed by atoms with E-state index in [1.165, 1.54) is 6.20 Å². The van der Waals surface area contributed by atoms with Gasteiger partial charge in [0, 0.05) is 22.1 Å². The van der Waals surface area contributed by atoms with Crippen molar-refractivity contribution in [1.29, 1.82) is 0 Å². The molecule has 0 fully saturated rings. The van der Waals surface area contributed by atoms with Gasteiger partial charge in [-0.25, -0.2) is 4.79 Å². The number of carbonyl (C=O) groups is 1. The van der Waals surface area contributed by atoms with Crippen LogP contribution in [0.1, 0.15) is 28.9 Å². The van der Waals surface area contributed by atoms with E-state index in [4.69, 9.17) is 5.11 Å². The molecular weight excluding hydrogens is 298 g/mol. The van der Waals surface area contributed by atoms with E-state index in [0.29, 0.717) is 5.39 Å². The quantitative estimate of drug-likeness (QED) is 0.881. The fraction of sp³-hybridized carbons (Fsp3) is 0.231. The zero-order valence-electron chi connectivity index (χ0n) is 9.61. The molecule has 0 spiro atoms. The Morgan fingerprint density at radius 1 is 1.50 bits per heavy atom. The molecule has 0 aliphatic carbocycles. The van der Waals surface area contributed by atoms with Gasteiger partial charge in [-0.15, -0.1) is 0 Å². The fourth-order valence-electron chi connectivity index (χ4n) is 2.61. The van der Waals surface area contributed by atoms with Crippen LogP contribution in [0.2, 0.25) is 0 Å². The molecule has 0 bridgehead atoms. The summed E-state index contributed by atoms with van der Waals surface area (Å²) in [5.74, 6) is -1.17. The molecule has 1 N–H and O–H groups in total. The average molecular weight is 308 g/mol. The number of rotatable bonds is 1. The molecule has 2 heterocycles. The van der Waals surface area contributed by atoms with Crippen molar-refractivity contribution in [3.63, 3.8) is 0 Å². The zero-order valence-corrected chi connectivity index (χ0v) is 11.2. The summed E-state index contributed by atoms with van der Waals surface area (Å²) in [5, 5.41) is 9.57. The predicted octanol–water partition coefficient (Wildman–Crippen LogP) is 2.58. The van der Waals surface area contributed by atoms with Crippen LogP contribution in [0, 0.1) is 0 Å². The van der Waals surface area contributed by atoms with Crippen molar-refractivity contribution in [2.45, 2.75) is 19.4 Å². The van der Waals surface area contributed by atoms with Gasteiger partial charge in [0.1, 0.15) is 5.56 Å². The van der Waals surface area contributed by atoms with E-state index >= 15 is 0 Å². The summed E-state index contributed by atoms with van der Waals surface area (Å²) < 4.78 is 2.70. The van der Waals surface area contributed by atoms with E-state index < -0.39 is 11.4 Å². The van der Waals surface area contributed by atoms with Crippen molar-refractivity contribution < 1.29 is 9.90 Å². The number of hydrogen-bond acceptors (Lipinski definition) is 2. The van der Waals surface area contributed by atoms with Crippen LogP contribution in [0.4, 0.5) is 0 Å². The number of halogens is 1. The van der Waals surface area contributed by atoms with E-state index in [-0.39, 0.29) is 11.6 Å². The molecule has 5 heteroatoms. The molecule has 1 atom stereocenters. The van der Waals surface area contributed by atoms with Gasteiger partial charge in [0.2, 0.25) is 5.43 Å². The van der Waals surface area contributed by atoms with E-state index in [0.717, 1.165) is 22.0 Å². The van der Waals surface area contributed by atoms with Gasteiger partial charge in [-0.1, -0.05) is 15.9 Å². The Kier molecular flexibility index (Phi) is 2.35. The lowest BCUT2D eigenvalue weighted by Gasteiger charge is -2.10. The third kappa shape index (κ3) is 1.43. The van der Waals surface area contributed by atoms with Gasteiger partial charge in [-0.2, -0.15) is 0 Å². The Bertz CT molecular complexity index is 748. The highest BCUT2D eigenvalue weighted by molar-refractivity contribution is 9.10. The van der Waals surface area contributed by atoms with Crippen molar-refractivity contribution in [1.82, 2.24) is 4.57 Å². The smallest absolute Gasteiger partial charge is 0.341 e. The highest BCUT2D eigenvalue weighted by Gasteiger charge is 2.24. The van der Waals surface area contributed by atoms with Crippen LogP contribution in [0.25, 0.3) is 10.9 Å². The Morgan fingerprint density at radius 2 is 2.22 bits per heavy atom. The number of hydrogen-bond donors (Lipinski definition) is 1. The fourth-order valence-corrected chi connectivity index (χ4v) is 3.12. The topological polar surface area (TPSA) is 59.3 Å². The molecule has 18 heavy (non-hydrogen) atoms. The van der Waals surface area contributed by atoms with Crippen LogP contribution in [0.3, 0.4) is 0 Å². The van der Waals surface area contributed by atoms with E-state index in [9.17, 15) is 9.59 Å². The maximum Gasteiger partial charge on any atom is 0.341 e. The number of carboxylic acids is 1. The van der Waals surface area contributed by atoms with Crippen LogP contribution < -0.4 is 5.43 Å². The minimum atomic E-state index is -1.17. The molecule has 4 nitrogen and oxygen atoms in total. The third-order valence-corrected chi connectivity index (χ3v) is 3.85. The SMILES string of the molecule is CC1Cc2cc(Br)cc3c(=O)c(C(=O)O)cn1c23. The van der Waals surface area contributed by atoms with Gasteiger partial charge in [-0.05, 0) is 31.0 Å². The lowest BCUT2D eigenvalue weighted by molar-refractivity contribution is 0.0695. The minimum absolute atomic E-state index is 0.166. The zero-order chi connectivity index (χ0) is 13.0. The van der Waals surface area contributed by atoms with Crippen molar-refractivity contribution in [3.05, 3.63) is 44.2 Å². The van der Waals surface area contributed by atoms with Crippen molar-refractivity contribution in [2.75, 3.05) is 0 Å². The second-order valence-electron chi connectivity index (χ2n) is 4.60. The van der Waals surface area contributed by atoms with Crippen molar-refractivity contribution in [2.24, 2.45) is 0 Å². The molecule has 0 radical (unpaired) electrons. The maximum atomic E-state index is 12.1. The Morgan fingerprint density at radius 3 is 2.89 bits per heavy atom. The van der Waals surface area contributed by atoms with Gasteiger partial charge in [0.05, 0.1) is 5.52 Å². The molecule has 1 unspecified atom stereocenters. The summed E-state index contributed by atoms with van der Waals surface area (Å²) in [6, 6.07) is 3.86. The van der Waals surface area contributed by atoms with E-state index in [1.54, 1.807) is 6.07 Å². The summed E-state index contributed by atoms with van der Waals surface area (Å²) >= 11 is 3.37. The second kappa shape index (κ2) is 3.68. The molecule has 1 aliphatic heterocycles. The highest BCUT2D eigenvalue weighted by Crippen LogP contribution is 2.33. The number of pyridine rings is 1. The van der Waals surface area contributed by atoms with E-state index in [1.807, 2.05) is 17.6 Å². The molecule has 0 amide bonds. The summed E-state index contributed by atoms with van der Waals surface area (Å²) in [4.78, 5) is 23.3. The van der Waals surface area contributed by atoms with Gasteiger partial charge in [0.15, 0.2) is 0 Å². The predicted molar refractivity (Wildman–Crippen MR) is 71.3 cm³/mol. The van der Waals surface area contributed by atoms with Crippen LogP contribution in [0.5, 0.6) is 0 Å². The number of aromatic nitrogens is 1. The summed E-state index contributed by atoms with van der Waals surface area (Å²) in [5.41, 5.74) is 1.37. The lowest BCUT2D eigenvalue weighted by atomic mass is 10.1. The first-order valence-electron chi connectivity index (χ1n) is 5.59. The summed E-state index contributed by atoms with van der Waals surface area (Å²) in [6.45, 7) is 2.02. The first-order chi connectivity index (χ1) is 8.49. The molecular formula is C13H10BrNO3. The van der Waals surface area contributed by atoms with Crippen LogP contribution in [0.15, 0.2) is 27.6 Å². The molecule has 0 saturated heterocycles. The van der Waals surface area contributed by atoms with Gasteiger partial charge < -0.3 is 9.67 Å². The van der Waals surface area contributed by atoms with Crippen molar-refractivity contribution in [3.8, 4) is 0 Å². The number of nitrogens with zero attached hydrogens (tertiary/aromatic N) is 1. The molecule has 1 aromatic heterocycles. The molecule has 3 rings (SSSR count). The highest BCUT2D eigenvalue weighted by atomic mass is 79.9. The Hall–Kier alpha value is -1.62. The largest absolute Gasteiger partial charge is 0.477 e. The van der Waals surface area contributed by atoms with Gasteiger partial charge in [0.25, 0.3) is 0 Å². The normalized spacial score (nSPS) is 17.3. The number of benzene rings is 1. The van der Waals surface area contributed by atoms with Crippen molar-refractivity contribution >= 4 is 32.8 Å². The number of aromatic carboxylic acids is 1. The van der Waals surface area contributed by atoms with E-state index in [2.05, 4.69) is 15.9 Å². The Balaban J connectivity index is 2.54. The standard InChI is InChI=1S/C13H10BrNO3/c1-6-2-7-3-8(14)4-9-11(7)15(6)5-10(12(9)16)13(17)18/h3-6H,2H2,1H3,(H,17,18). The van der Waals surface area contributed by atoms with Gasteiger partial charge in [-0.3, -0.25) is 4.79 Å². The molecule has 92 valence electrons. The average Bonchev–Trinajstić information content (AvgIpc) is 2.59. The lowest BCUT2D eigenvalue weighted by Crippen LogP contribution is -2.18. The van der Waals surface area contributed by atoms with Crippen LogP contribution >= 0.6 is 15.9 Å². The number of carboxylic acid groups (broad SMARTS) is 1. The van der Waals surface area contributed by atoms with Crippen LogP contribution in [-0.4, -0.2) is 15.6 Å². The maximum absolute atomic E-state index is 12.1. The first kappa shape index (κ1) is 11.5. The summed E-state index contributed by atoms with van der Waals surface area (Å²) in [6.07, 6.45) is 2.28. The molecule has 1 aromatic carbocycles. The Labute approximate surface area is 111 Å². The molecule has 2 aromatic rings. The summed E-state index contributed by atoms with van der Waals surface area (Å²) in [7, 11) is 0. The second-order valence-corrected chi connectivity index (χ2v) is 5.51. The first-order valence-corrected chi connectivity index (χ1v) is 6.39. The molecule has 0 saturated carbocycles. The van der Waals surface area contributed by atoms with Gasteiger partial charge >= 0.3 is 5.97 Å². The van der Waals surface area contributed by atoms with Crippen LogP contribution in [-0.2, 0) is 6.42 Å². The third-order valence-electron chi connectivity index (χ3n) is 3.39. The minimum Gasteiger partial charge on any atom is -0.477 e. The monoisotopic (exact) mass is 307 g/mol. The molecule has 1 aliphatic rings.